The molecule has 0 atom stereocenters. The topological polar surface area (TPSA) is 12.0 Å². The van der Waals surface area contributed by atoms with Crippen molar-refractivity contribution in [2.75, 3.05) is 0 Å². The molecular weight excluding hydrogens is 259 g/mol. The number of allylic oxidation sites excluding steroid dienone is 1. The van der Waals surface area contributed by atoms with E-state index in [1.165, 1.54) is 0 Å². The van der Waals surface area contributed by atoms with E-state index in [2.05, 4.69) is 13.0 Å². The van der Waals surface area contributed by atoms with Crippen molar-refractivity contribution in [3.8, 4) is 0 Å². The summed E-state index contributed by atoms with van der Waals surface area (Å²) in [6.07, 6.45) is 4.09. The van der Waals surface area contributed by atoms with E-state index < -0.39 is 0 Å². The average Bonchev–Trinajstić information content (AvgIpc) is 1.76. The van der Waals surface area contributed by atoms with E-state index in [0.29, 0.717) is 0 Å². The van der Waals surface area contributed by atoms with E-state index in [1.54, 1.807) is 0 Å². The second-order valence-corrected chi connectivity index (χ2v) is 3.93. The Morgan fingerprint density at radius 1 is 1.60 bits per heavy atom. The molecule has 0 saturated heterocycles. The minimum absolute atomic E-state index is 0.230. The summed E-state index contributed by atoms with van der Waals surface area (Å²) in [4.78, 5) is 0. The summed E-state index contributed by atoms with van der Waals surface area (Å²) in [5, 5.41) is 0. The van der Waals surface area contributed by atoms with E-state index in [4.69, 9.17) is 0 Å². The molecule has 1 heterocycles. The first kappa shape index (κ1) is 3.48. The average molecular weight is 263 g/mol. The molecule has 1 nitrogen and oxygen atoms in total. The van der Waals surface area contributed by atoms with Gasteiger partial charge in [-0.15, -0.1) is 0 Å². The molecule has 0 aromatic rings. The van der Waals surface area contributed by atoms with Crippen LogP contribution in [0.3, 0.4) is 0 Å². The first-order chi connectivity index (χ1) is 2.50. The first-order valence-corrected chi connectivity index (χ1v) is 5.18. The molecular formula is C3H4BiN. The van der Waals surface area contributed by atoms with Gasteiger partial charge >= 0.3 is 42.3 Å². The summed E-state index contributed by atoms with van der Waals surface area (Å²) in [6.45, 7) is 0. The second kappa shape index (κ2) is 1.66. The van der Waals surface area contributed by atoms with Crippen molar-refractivity contribution < 1.29 is 0 Å². The van der Waals surface area contributed by atoms with Crippen molar-refractivity contribution in [2.45, 2.75) is 0 Å². The van der Waals surface area contributed by atoms with Crippen LogP contribution in [0.25, 0.3) is 0 Å². The van der Waals surface area contributed by atoms with E-state index in [-0.39, 0.29) is 23.0 Å². The fourth-order valence-electron chi connectivity index (χ4n) is 0.215. The number of rotatable bonds is 0. The summed E-state index contributed by atoms with van der Waals surface area (Å²) in [7, 11) is 0. The molecule has 5 heavy (non-hydrogen) atoms. The molecule has 1 aliphatic rings. The molecule has 1 rings (SSSR count). The Hall–Kier alpha value is 0.293. The van der Waals surface area contributed by atoms with Gasteiger partial charge in [0.1, 0.15) is 0 Å². The molecule has 26 valence electrons. The van der Waals surface area contributed by atoms with Crippen molar-refractivity contribution in [2.24, 2.45) is 0 Å². The third kappa shape index (κ3) is 0.806. The summed E-state index contributed by atoms with van der Waals surface area (Å²) in [5.74, 6) is 0. The Bertz CT molecular complexity index is 65.0. The van der Waals surface area contributed by atoms with Crippen molar-refractivity contribution in [1.82, 2.24) is 3.26 Å². The monoisotopic (exact) mass is 263 g/mol. The normalized spacial score (nSPS) is 16.0. The molecule has 0 saturated carbocycles. The fraction of sp³-hybridized carbons (Fsp3) is 0. The van der Waals surface area contributed by atoms with Gasteiger partial charge in [0.05, 0.1) is 0 Å². The maximum absolute atomic E-state index is 3.17. The number of hydrogen-bond acceptors (Lipinski definition) is 1. The zero-order valence-electron chi connectivity index (χ0n) is 2.68. The SMILES string of the molecule is C1=C[NH][Bi]=[CH]1. The third-order valence-electron chi connectivity index (χ3n) is 0.406. The van der Waals surface area contributed by atoms with Crippen molar-refractivity contribution in [3.05, 3.63) is 12.3 Å². The van der Waals surface area contributed by atoms with Gasteiger partial charge in [0.15, 0.2) is 0 Å². The molecule has 0 bridgehead atoms. The van der Waals surface area contributed by atoms with Crippen molar-refractivity contribution in [1.29, 1.82) is 0 Å². The maximum atomic E-state index is 3.17. The Labute approximate surface area is 42.5 Å². The van der Waals surface area contributed by atoms with Crippen molar-refractivity contribution in [3.63, 3.8) is 0 Å². The van der Waals surface area contributed by atoms with Crippen LogP contribution >= 0.6 is 0 Å². The molecule has 0 amide bonds. The summed E-state index contributed by atoms with van der Waals surface area (Å²) in [6, 6.07) is 0. The molecule has 0 aromatic heterocycles. The van der Waals surface area contributed by atoms with E-state index in [0.717, 1.165) is 0 Å². The van der Waals surface area contributed by atoms with Gasteiger partial charge in [0.25, 0.3) is 0 Å². The summed E-state index contributed by atoms with van der Waals surface area (Å²) in [5.41, 5.74) is 0. The standard InChI is InChI=1S/C3H4N.Bi/c1-2-3-4;/h1-4H;/q-1;+1. The second-order valence-electron chi connectivity index (χ2n) is 0.766. The van der Waals surface area contributed by atoms with Crippen LogP contribution in [-0.2, 0) is 0 Å². The van der Waals surface area contributed by atoms with Crippen LogP contribution in [0.2, 0.25) is 0 Å². The van der Waals surface area contributed by atoms with Gasteiger partial charge in [-0.3, -0.25) is 0 Å². The molecule has 2 heteroatoms. The Morgan fingerprint density at radius 2 is 2.60 bits per heavy atom. The van der Waals surface area contributed by atoms with Gasteiger partial charge in [-0.1, -0.05) is 0 Å². The molecule has 0 radical (unpaired) electrons. The number of nitrogens with one attached hydrogen (secondary N) is 1. The van der Waals surface area contributed by atoms with Gasteiger partial charge in [-0.25, -0.2) is 0 Å². The zero-order valence-corrected chi connectivity index (χ0v) is 6.16. The molecule has 1 N–H and O–H groups in total. The molecule has 0 aromatic carbocycles. The van der Waals surface area contributed by atoms with Crippen LogP contribution in [-0.4, -0.2) is 26.8 Å². The first-order valence-electron chi connectivity index (χ1n) is 1.44. The zero-order chi connectivity index (χ0) is 3.54. The van der Waals surface area contributed by atoms with Gasteiger partial charge < -0.3 is 0 Å². The predicted octanol–water partition coefficient (Wildman–Crippen LogP) is -0.475. The van der Waals surface area contributed by atoms with Crippen molar-refractivity contribution >= 4 is 26.8 Å². The van der Waals surface area contributed by atoms with Crippen LogP contribution in [0.1, 0.15) is 0 Å². The molecule has 0 fully saturated rings. The molecule has 1 aliphatic heterocycles. The molecule has 0 spiro atoms. The van der Waals surface area contributed by atoms with Gasteiger partial charge in [-0.05, 0) is 0 Å². The summed E-state index contributed by atoms with van der Waals surface area (Å²) >= 11 is -0.230. The quantitative estimate of drug-likeness (QED) is 0.582. The van der Waals surface area contributed by atoms with E-state index in [1.807, 2.05) is 6.20 Å². The van der Waals surface area contributed by atoms with E-state index >= 15 is 0 Å². The minimum atomic E-state index is -0.230. The van der Waals surface area contributed by atoms with Crippen LogP contribution in [0, 0.1) is 0 Å². The van der Waals surface area contributed by atoms with Crippen LogP contribution in [0.5, 0.6) is 0 Å². The predicted molar refractivity (Wildman–Crippen MR) is 24.1 cm³/mol. The van der Waals surface area contributed by atoms with Gasteiger partial charge in [-0.2, -0.15) is 0 Å². The van der Waals surface area contributed by atoms with Gasteiger partial charge in [0.2, 0.25) is 0 Å². The molecule has 0 unspecified atom stereocenters. The third-order valence-corrected chi connectivity index (χ3v) is 2.81. The summed E-state index contributed by atoms with van der Waals surface area (Å²) < 4.78 is 5.42. The number of hydrogen-bond donors (Lipinski definition) is 1. The Kier molecular flexibility index (Phi) is 1.16. The van der Waals surface area contributed by atoms with Gasteiger partial charge in [0, 0.05) is 0 Å². The van der Waals surface area contributed by atoms with Crippen LogP contribution in [0.15, 0.2) is 12.3 Å². The van der Waals surface area contributed by atoms with Crippen LogP contribution in [0.4, 0.5) is 0 Å². The fourth-order valence-corrected chi connectivity index (χ4v) is 1.89. The Morgan fingerprint density at radius 3 is 2.80 bits per heavy atom. The van der Waals surface area contributed by atoms with Crippen LogP contribution < -0.4 is 3.26 Å². The van der Waals surface area contributed by atoms with E-state index in [9.17, 15) is 0 Å². The molecule has 0 aliphatic carbocycles. The Balaban J connectivity index is 2.61.